The van der Waals surface area contributed by atoms with Crippen LogP contribution in [-0.2, 0) is 19.6 Å². The molecule has 9 heteroatoms. The summed E-state index contributed by atoms with van der Waals surface area (Å²) in [6, 6.07) is 5.15. The molecule has 1 aliphatic rings. The van der Waals surface area contributed by atoms with E-state index in [-0.39, 0.29) is 18.9 Å². The molecule has 1 N–H and O–H groups in total. The Balaban J connectivity index is 1.88. The first-order chi connectivity index (χ1) is 11.9. The maximum absolute atomic E-state index is 12.1. The van der Waals surface area contributed by atoms with Gasteiger partial charge in [0, 0.05) is 45.0 Å². The molecule has 1 aromatic carbocycles. The number of carbonyl (C=O) groups is 1. The molecule has 0 aliphatic carbocycles. The van der Waals surface area contributed by atoms with Gasteiger partial charge in [0.1, 0.15) is 13.2 Å². The molecular weight excluding hydrogens is 348 g/mol. The molecule has 1 heterocycles. The zero-order chi connectivity index (χ0) is 18.3. The lowest BCUT2D eigenvalue weighted by Gasteiger charge is -2.20. The van der Waals surface area contributed by atoms with Crippen LogP contribution in [0.4, 0.5) is 5.69 Å². The predicted octanol–water partition coefficient (Wildman–Crippen LogP) is 1.08. The average Bonchev–Trinajstić information content (AvgIpc) is 2.56. The number of nitrogens with one attached hydrogen (secondary N) is 1. The van der Waals surface area contributed by atoms with Crippen LogP contribution in [0.1, 0.15) is 12.8 Å². The summed E-state index contributed by atoms with van der Waals surface area (Å²) in [5.41, 5.74) is 0.583. The van der Waals surface area contributed by atoms with Crippen LogP contribution in [-0.4, -0.2) is 64.9 Å². The smallest absolute Gasteiger partial charge is 0.225 e. The molecule has 0 unspecified atom stereocenters. The first-order valence-electron chi connectivity index (χ1n) is 8.03. The lowest BCUT2D eigenvalue weighted by Crippen LogP contribution is -2.34. The van der Waals surface area contributed by atoms with Gasteiger partial charge in [-0.3, -0.25) is 4.79 Å². The highest BCUT2D eigenvalue weighted by molar-refractivity contribution is 7.88. The Bertz CT molecular complexity index is 692. The van der Waals surface area contributed by atoms with Gasteiger partial charge in [-0.25, -0.2) is 12.7 Å². The Hall–Kier alpha value is -1.84. The summed E-state index contributed by atoms with van der Waals surface area (Å²) in [5.74, 6) is 0.962. The van der Waals surface area contributed by atoms with Crippen molar-refractivity contribution in [3.8, 4) is 11.5 Å². The molecule has 1 amide bonds. The molecule has 0 fully saturated rings. The van der Waals surface area contributed by atoms with Gasteiger partial charge in [-0.05, 0) is 18.6 Å². The molecule has 0 saturated heterocycles. The Morgan fingerprint density at radius 3 is 2.64 bits per heavy atom. The fraction of sp³-hybridized carbons (Fsp3) is 0.562. The first kappa shape index (κ1) is 19.5. The van der Waals surface area contributed by atoms with Crippen molar-refractivity contribution in [2.75, 3.05) is 51.6 Å². The second kappa shape index (κ2) is 9.02. The number of benzene rings is 1. The van der Waals surface area contributed by atoms with E-state index >= 15 is 0 Å². The van der Waals surface area contributed by atoms with Crippen molar-refractivity contribution < 1.29 is 27.4 Å². The molecule has 0 radical (unpaired) electrons. The zero-order valence-electron chi connectivity index (χ0n) is 14.5. The lowest BCUT2D eigenvalue weighted by atomic mass is 10.2. The van der Waals surface area contributed by atoms with Gasteiger partial charge in [0.2, 0.25) is 15.9 Å². The van der Waals surface area contributed by atoms with Gasteiger partial charge in [0.05, 0.1) is 6.26 Å². The van der Waals surface area contributed by atoms with Gasteiger partial charge < -0.3 is 19.5 Å². The summed E-state index contributed by atoms with van der Waals surface area (Å²) in [4.78, 5) is 12.1. The number of rotatable bonds is 9. The lowest BCUT2D eigenvalue weighted by molar-refractivity contribution is -0.116. The largest absolute Gasteiger partial charge is 0.486 e. The molecule has 140 valence electrons. The number of anilines is 1. The molecule has 8 nitrogen and oxygen atoms in total. The van der Waals surface area contributed by atoms with Crippen LogP contribution >= 0.6 is 0 Å². The maximum Gasteiger partial charge on any atom is 0.225 e. The van der Waals surface area contributed by atoms with E-state index in [0.29, 0.717) is 50.0 Å². The number of ether oxygens (including phenoxy) is 3. The third-order valence-corrected chi connectivity index (χ3v) is 4.94. The normalized spacial score (nSPS) is 13.7. The summed E-state index contributed by atoms with van der Waals surface area (Å²) >= 11 is 0. The number of carbonyl (C=O) groups excluding carboxylic acids is 1. The minimum Gasteiger partial charge on any atom is -0.486 e. The highest BCUT2D eigenvalue weighted by Gasteiger charge is 2.18. The standard InChI is InChI=1S/C16H24N2O6S/c1-22-9-3-7-18(25(2,20)21)8-6-16(19)17-13-4-5-14-15(12-13)24-11-10-23-14/h4-5,12H,3,6-11H2,1-2H3,(H,17,19). The highest BCUT2D eigenvalue weighted by atomic mass is 32.2. The van der Waals surface area contributed by atoms with E-state index in [9.17, 15) is 13.2 Å². The number of fused-ring (bicyclic) bond motifs is 1. The SMILES string of the molecule is COCCCN(CCC(=O)Nc1ccc2c(c1)OCCO2)S(C)(=O)=O. The first-order valence-corrected chi connectivity index (χ1v) is 9.88. The van der Waals surface area contributed by atoms with Gasteiger partial charge in [-0.2, -0.15) is 0 Å². The highest BCUT2D eigenvalue weighted by Crippen LogP contribution is 2.32. The number of nitrogens with zero attached hydrogens (tertiary/aromatic N) is 1. The Morgan fingerprint density at radius 2 is 1.96 bits per heavy atom. The van der Waals surface area contributed by atoms with E-state index in [2.05, 4.69) is 5.32 Å². The van der Waals surface area contributed by atoms with Crippen LogP contribution < -0.4 is 14.8 Å². The number of methoxy groups -OCH3 is 1. The van der Waals surface area contributed by atoms with Crippen LogP contribution in [0.15, 0.2) is 18.2 Å². The van der Waals surface area contributed by atoms with E-state index in [1.54, 1.807) is 25.3 Å². The maximum atomic E-state index is 12.1. The zero-order valence-corrected chi connectivity index (χ0v) is 15.3. The van der Waals surface area contributed by atoms with Crippen molar-refractivity contribution >= 4 is 21.6 Å². The summed E-state index contributed by atoms with van der Waals surface area (Å²) in [5, 5.41) is 2.75. The molecule has 1 aromatic rings. The number of amides is 1. The quantitative estimate of drug-likeness (QED) is 0.652. The molecule has 0 aromatic heterocycles. The molecule has 0 saturated carbocycles. The summed E-state index contributed by atoms with van der Waals surface area (Å²) < 4.78 is 40.7. The van der Waals surface area contributed by atoms with Crippen molar-refractivity contribution in [2.24, 2.45) is 0 Å². The van der Waals surface area contributed by atoms with E-state index in [1.165, 1.54) is 4.31 Å². The van der Waals surface area contributed by atoms with Gasteiger partial charge in [-0.1, -0.05) is 0 Å². The van der Waals surface area contributed by atoms with Crippen molar-refractivity contribution in [3.63, 3.8) is 0 Å². The topological polar surface area (TPSA) is 94.2 Å². The molecular formula is C16H24N2O6S. The summed E-state index contributed by atoms with van der Waals surface area (Å²) in [6.07, 6.45) is 1.78. The Labute approximate surface area is 148 Å². The minimum absolute atomic E-state index is 0.0640. The Morgan fingerprint density at radius 1 is 1.24 bits per heavy atom. The fourth-order valence-corrected chi connectivity index (χ4v) is 3.28. The monoisotopic (exact) mass is 372 g/mol. The molecule has 0 atom stereocenters. The van der Waals surface area contributed by atoms with Gasteiger partial charge in [0.15, 0.2) is 11.5 Å². The third kappa shape index (κ3) is 6.18. The molecule has 0 bridgehead atoms. The second-order valence-electron chi connectivity index (χ2n) is 5.67. The number of hydrogen-bond acceptors (Lipinski definition) is 6. The molecule has 2 rings (SSSR count). The van der Waals surface area contributed by atoms with Crippen LogP contribution in [0.3, 0.4) is 0 Å². The predicted molar refractivity (Wildman–Crippen MR) is 93.6 cm³/mol. The molecule has 1 aliphatic heterocycles. The molecule has 25 heavy (non-hydrogen) atoms. The van der Waals surface area contributed by atoms with Crippen LogP contribution in [0, 0.1) is 0 Å². The third-order valence-electron chi connectivity index (χ3n) is 3.64. The Kier molecular flexibility index (Phi) is 7.03. The number of hydrogen-bond donors (Lipinski definition) is 1. The van der Waals surface area contributed by atoms with Crippen LogP contribution in [0.25, 0.3) is 0 Å². The van der Waals surface area contributed by atoms with Crippen molar-refractivity contribution in [2.45, 2.75) is 12.8 Å². The van der Waals surface area contributed by atoms with Gasteiger partial charge in [0.25, 0.3) is 0 Å². The average molecular weight is 372 g/mol. The van der Waals surface area contributed by atoms with Gasteiger partial charge in [-0.15, -0.1) is 0 Å². The summed E-state index contributed by atoms with van der Waals surface area (Å²) in [6.45, 7) is 1.89. The fourth-order valence-electron chi connectivity index (χ4n) is 2.40. The van der Waals surface area contributed by atoms with Crippen molar-refractivity contribution in [3.05, 3.63) is 18.2 Å². The molecule has 0 spiro atoms. The van der Waals surface area contributed by atoms with E-state index in [4.69, 9.17) is 14.2 Å². The van der Waals surface area contributed by atoms with Crippen molar-refractivity contribution in [1.82, 2.24) is 4.31 Å². The van der Waals surface area contributed by atoms with E-state index < -0.39 is 10.0 Å². The van der Waals surface area contributed by atoms with Gasteiger partial charge >= 0.3 is 0 Å². The minimum atomic E-state index is -3.36. The van der Waals surface area contributed by atoms with E-state index in [0.717, 1.165) is 6.26 Å². The van der Waals surface area contributed by atoms with Crippen LogP contribution in [0.5, 0.6) is 11.5 Å². The van der Waals surface area contributed by atoms with Crippen LogP contribution in [0.2, 0.25) is 0 Å². The summed E-state index contributed by atoms with van der Waals surface area (Å²) in [7, 11) is -1.80. The second-order valence-corrected chi connectivity index (χ2v) is 7.65. The number of sulfonamides is 1. The van der Waals surface area contributed by atoms with Crippen molar-refractivity contribution in [1.29, 1.82) is 0 Å². The van der Waals surface area contributed by atoms with E-state index in [1.807, 2.05) is 0 Å².